The van der Waals surface area contributed by atoms with E-state index in [4.69, 9.17) is 9.26 Å². The summed E-state index contributed by atoms with van der Waals surface area (Å²) in [5, 5.41) is 3.83. The molecule has 0 aliphatic rings. The van der Waals surface area contributed by atoms with Gasteiger partial charge < -0.3 is 9.26 Å². The molecule has 0 unspecified atom stereocenters. The third kappa shape index (κ3) is 8.03. The third-order valence-electron chi connectivity index (χ3n) is 2.08. The van der Waals surface area contributed by atoms with E-state index >= 15 is 0 Å². The Labute approximate surface area is 116 Å². The molecule has 0 fully saturated rings. The molecule has 0 saturated heterocycles. The second-order valence-corrected chi connectivity index (χ2v) is 3.26. The fourth-order valence-corrected chi connectivity index (χ4v) is 1.33. The highest BCUT2D eigenvalue weighted by Crippen LogP contribution is 2.09. The quantitative estimate of drug-likeness (QED) is 0.731. The van der Waals surface area contributed by atoms with Gasteiger partial charge in [-0.05, 0) is 25.0 Å². The van der Waals surface area contributed by atoms with Gasteiger partial charge in [-0.2, -0.15) is 0 Å². The van der Waals surface area contributed by atoms with Crippen molar-refractivity contribution in [2.24, 2.45) is 0 Å². The second kappa shape index (κ2) is 12.7. The van der Waals surface area contributed by atoms with Gasteiger partial charge in [-0.15, -0.1) is 0 Å². The summed E-state index contributed by atoms with van der Waals surface area (Å²) in [4.78, 5) is 0. The van der Waals surface area contributed by atoms with Crippen LogP contribution in [0.5, 0.6) is 5.75 Å². The third-order valence-corrected chi connectivity index (χ3v) is 2.08. The molecule has 106 valence electrons. The highest BCUT2D eigenvalue weighted by Gasteiger charge is 1.96. The van der Waals surface area contributed by atoms with Crippen LogP contribution in [0.15, 0.2) is 47.2 Å². The Hall–Kier alpha value is -1.77. The zero-order valence-electron chi connectivity index (χ0n) is 12.4. The number of nitrogens with zero attached hydrogens (tertiary/aromatic N) is 1. The van der Waals surface area contributed by atoms with E-state index in [0.29, 0.717) is 6.61 Å². The number of hydrogen-bond acceptors (Lipinski definition) is 3. The maximum Gasteiger partial charge on any atom is 0.124 e. The maximum atomic E-state index is 5.55. The zero-order valence-corrected chi connectivity index (χ0v) is 12.4. The topological polar surface area (TPSA) is 35.3 Å². The molecule has 0 atom stereocenters. The molecule has 2 aromatic rings. The molecule has 1 aromatic heterocycles. The van der Waals surface area contributed by atoms with Crippen molar-refractivity contribution in [3.63, 3.8) is 0 Å². The Morgan fingerprint density at radius 2 is 1.68 bits per heavy atom. The van der Waals surface area contributed by atoms with E-state index < -0.39 is 0 Å². The minimum absolute atomic E-state index is 0.705. The largest absolute Gasteiger partial charge is 0.494 e. The summed E-state index contributed by atoms with van der Waals surface area (Å²) in [5.41, 5.74) is 0.978. The average molecular weight is 263 g/mol. The van der Waals surface area contributed by atoms with Crippen LogP contribution in [0.4, 0.5) is 0 Å². The predicted molar refractivity (Wildman–Crippen MR) is 79.5 cm³/mol. The molecule has 0 aliphatic carbocycles. The number of aromatic nitrogens is 1. The van der Waals surface area contributed by atoms with Gasteiger partial charge in [0.15, 0.2) is 0 Å². The van der Waals surface area contributed by atoms with Gasteiger partial charge in [-0.3, -0.25) is 0 Å². The van der Waals surface area contributed by atoms with Crippen molar-refractivity contribution >= 4 is 0 Å². The number of hydrogen-bond donors (Lipinski definition) is 0. The molecule has 1 aromatic carbocycles. The summed E-state index contributed by atoms with van der Waals surface area (Å²) in [6, 6.07) is 11.7. The van der Waals surface area contributed by atoms with Crippen molar-refractivity contribution in [2.75, 3.05) is 6.61 Å². The first-order chi connectivity index (χ1) is 9.45. The summed E-state index contributed by atoms with van der Waals surface area (Å²) in [7, 11) is 0. The lowest BCUT2D eigenvalue weighted by atomic mass is 10.2. The van der Waals surface area contributed by atoms with Crippen LogP contribution in [0.1, 0.15) is 39.8 Å². The van der Waals surface area contributed by atoms with E-state index in [0.717, 1.165) is 24.3 Å². The van der Waals surface area contributed by atoms with Crippen LogP contribution in [-0.2, 0) is 6.42 Å². The van der Waals surface area contributed by atoms with Crippen molar-refractivity contribution in [1.82, 2.24) is 5.16 Å². The number of benzene rings is 1. The Bertz CT molecular complexity index is 371. The van der Waals surface area contributed by atoms with E-state index in [2.05, 4.69) is 5.16 Å². The first-order valence-corrected chi connectivity index (χ1v) is 7.02. The zero-order chi connectivity index (χ0) is 14.3. The lowest BCUT2D eigenvalue weighted by Crippen LogP contribution is -1.99. The average Bonchev–Trinajstić information content (AvgIpc) is 3.02. The van der Waals surface area contributed by atoms with Crippen LogP contribution in [0, 0.1) is 0 Å². The first-order valence-electron chi connectivity index (χ1n) is 7.02. The lowest BCUT2D eigenvalue weighted by Gasteiger charge is -2.04. The predicted octanol–water partition coefficient (Wildman–Crippen LogP) is 4.74. The standard InChI is InChI=1S/C12H13NO2.2C2H6/c1-2-6-12(7-3-1)14-9-4-5-11-8-10-15-13-11;2*1-2/h1-3,6-8,10H,4-5,9H2;2*1-2H3. The monoisotopic (exact) mass is 263 g/mol. The van der Waals surface area contributed by atoms with E-state index in [9.17, 15) is 0 Å². The molecule has 0 saturated carbocycles. The van der Waals surface area contributed by atoms with Crippen LogP contribution in [0.25, 0.3) is 0 Å². The van der Waals surface area contributed by atoms with Gasteiger partial charge in [-0.25, -0.2) is 0 Å². The summed E-state index contributed by atoms with van der Waals surface area (Å²) in [6.45, 7) is 8.71. The SMILES string of the molecule is CC.CC.c1ccc(OCCCc2ccon2)cc1. The molecule has 2 rings (SSSR count). The molecule has 1 heterocycles. The molecular formula is C16H25NO2. The van der Waals surface area contributed by atoms with Crippen molar-refractivity contribution < 1.29 is 9.26 Å². The molecule has 3 heteroatoms. The molecule has 3 nitrogen and oxygen atoms in total. The first kappa shape index (κ1) is 17.2. The minimum Gasteiger partial charge on any atom is -0.494 e. The van der Waals surface area contributed by atoms with Crippen LogP contribution in [-0.4, -0.2) is 11.8 Å². The maximum absolute atomic E-state index is 5.55. The fourth-order valence-electron chi connectivity index (χ4n) is 1.33. The lowest BCUT2D eigenvalue weighted by molar-refractivity contribution is 0.309. The van der Waals surface area contributed by atoms with Crippen LogP contribution >= 0.6 is 0 Å². The highest BCUT2D eigenvalue weighted by molar-refractivity contribution is 5.20. The number of rotatable bonds is 5. The summed E-state index contributed by atoms with van der Waals surface area (Å²) >= 11 is 0. The second-order valence-electron chi connectivity index (χ2n) is 3.26. The Morgan fingerprint density at radius 1 is 1.00 bits per heavy atom. The van der Waals surface area contributed by atoms with E-state index in [1.165, 1.54) is 0 Å². The van der Waals surface area contributed by atoms with Crippen molar-refractivity contribution in [2.45, 2.75) is 40.5 Å². The summed E-state index contributed by atoms with van der Waals surface area (Å²) in [5.74, 6) is 0.914. The molecule has 0 radical (unpaired) electrons. The summed E-state index contributed by atoms with van der Waals surface area (Å²) < 4.78 is 10.3. The van der Waals surface area contributed by atoms with E-state index in [1.807, 2.05) is 64.1 Å². The van der Waals surface area contributed by atoms with E-state index in [1.54, 1.807) is 6.26 Å². The van der Waals surface area contributed by atoms with Gasteiger partial charge in [0.2, 0.25) is 0 Å². The number of aryl methyl sites for hydroxylation is 1. The highest BCUT2D eigenvalue weighted by atomic mass is 16.5. The van der Waals surface area contributed by atoms with Gasteiger partial charge in [0, 0.05) is 6.07 Å². The Morgan fingerprint density at radius 3 is 2.26 bits per heavy atom. The molecule has 0 bridgehead atoms. The fraction of sp³-hybridized carbons (Fsp3) is 0.438. The molecule has 0 N–H and O–H groups in total. The Balaban J connectivity index is 0.000000741. The summed E-state index contributed by atoms with van der Waals surface area (Å²) in [6.07, 6.45) is 3.43. The van der Waals surface area contributed by atoms with Gasteiger partial charge in [0.1, 0.15) is 12.0 Å². The van der Waals surface area contributed by atoms with Gasteiger partial charge in [0.25, 0.3) is 0 Å². The van der Waals surface area contributed by atoms with Gasteiger partial charge in [-0.1, -0.05) is 51.1 Å². The Kier molecular flexibility index (Phi) is 11.5. The molecule has 0 amide bonds. The van der Waals surface area contributed by atoms with Gasteiger partial charge >= 0.3 is 0 Å². The normalized spacial score (nSPS) is 8.63. The molecular weight excluding hydrogens is 238 g/mol. The van der Waals surface area contributed by atoms with Crippen molar-refractivity contribution in [3.05, 3.63) is 48.4 Å². The molecule has 19 heavy (non-hydrogen) atoms. The van der Waals surface area contributed by atoms with Crippen molar-refractivity contribution in [1.29, 1.82) is 0 Å². The molecule has 0 aliphatic heterocycles. The van der Waals surface area contributed by atoms with Crippen molar-refractivity contribution in [3.8, 4) is 5.75 Å². The number of para-hydroxylation sites is 1. The van der Waals surface area contributed by atoms with Gasteiger partial charge in [0.05, 0.1) is 12.3 Å². The van der Waals surface area contributed by atoms with Crippen LogP contribution < -0.4 is 4.74 Å². The number of ether oxygens (including phenoxy) is 1. The van der Waals surface area contributed by atoms with Crippen LogP contribution in [0.3, 0.4) is 0 Å². The molecule has 0 spiro atoms. The van der Waals surface area contributed by atoms with E-state index in [-0.39, 0.29) is 0 Å². The van der Waals surface area contributed by atoms with Crippen LogP contribution in [0.2, 0.25) is 0 Å². The smallest absolute Gasteiger partial charge is 0.124 e. The minimum atomic E-state index is 0.705.